The number of aryl methyl sites for hydroxylation is 1. The fraction of sp³-hybridized carbons (Fsp3) is 0.700. The first-order chi connectivity index (χ1) is 10.9. The Morgan fingerprint density at radius 3 is 2.18 bits per heavy atom. The highest BCUT2D eigenvalue weighted by Crippen LogP contribution is 2.23. The molecule has 0 saturated heterocycles. The Kier molecular flexibility index (Phi) is 12.0. The van der Waals surface area contributed by atoms with Crippen LogP contribution in [0.3, 0.4) is 0 Å². The summed E-state index contributed by atoms with van der Waals surface area (Å²) in [5, 5.41) is 8.57. The van der Waals surface area contributed by atoms with Crippen LogP contribution in [0, 0.1) is 5.92 Å². The molecule has 0 aliphatic heterocycles. The molecule has 0 unspecified atom stereocenters. The molecule has 22 heavy (non-hydrogen) atoms. The van der Waals surface area contributed by atoms with Gasteiger partial charge in [-0.1, -0.05) is 62.4 Å². The summed E-state index contributed by atoms with van der Waals surface area (Å²) in [5.74, 6) is 0.653. The molecule has 2 nitrogen and oxygen atoms in total. The molecule has 1 fully saturated rings. The van der Waals surface area contributed by atoms with Crippen molar-refractivity contribution in [2.75, 3.05) is 20.3 Å². The van der Waals surface area contributed by atoms with Crippen LogP contribution >= 0.6 is 0 Å². The third kappa shape index (κ3) is 9.97. The van der Waals surface area contributed by atoms with Crippen LogP contribution in [0.5, 0.6) is 0 Å². The molecule has 0 atom stereocenters. The third-order valence-corrected chi connectivity index (χ3v) is 4.39. The van der Waals surface area contributed by atoms with Crippen molar-refractivity contribution < 1.29 is 9.84 Å². The Labute approximate surface area is 136 Å². The summed E-state index contributed by atoms with van der Waals surface area (Å²) in [6, 6.07) is 10.7. The van der Waals surface area contributed by atoms with Gasteiger partial charge < -0.3 is 9.84 Å². The number of unbranched alkanes of at least 4 members (excludes halogenated alkanes) is 4. The number of methoxy groups -OCH3 is 1. The molecule has 2 rings (SSSR count). The lowest BCUT2D eigenvalue weighted by atomic mass is 10.1. The van der Waals surface area contributed by atoms with Crippen LogP contribution in [0.15, 0.2) is 30.3 Å². The van der Waals surface area contributed by atoms with E-state index in [-0.39, 0.29) is 0 Å². The van der Waals surface area contributed by atoms with E-state index in [0.717, 1.165) is 6.61 Å². The normalized spacial score (nSPS) is 14.6. The summed E-state index contributed by atoms with van der Waals surface area (Å²) in [6.45, 7) is 1.33. The molecule has 1 aromatic rings. The van der Waals surface area contributed by atoms with Crippen molar-refractivity contribution in [3.63, 3.8) is 0 Å². The number of benzene rings is 1. The van der Waals surface area contributed by atoms with E-state index in [1.165, 1.54) is 69.8 Å². The molecule has 1 saturated carbocycles. The van der Waals surface area contributed by atoms with Gasteiger partial charge in [0, 0.05) is 20.3 Å². The van der Waals surface area contributed by atoms with Gasteiger partial charge in [0.05, 0.1) is 0 Å². The average Bonchev–Trinajstić information content (AvgIpc) is 3.09. The molecule has 1 N–H and O–H groups in total. The number of hydrogen-bond donors (Lipinski definition) is 1. The molecule has 0 spiro atoms. The highest BCUT2D eigenvalue weighted by Gasteiger charge is 2.12. The molecule has 1 aliphatic carbocycles. The van der Waals surface area contributed by atoms with Crippen molar-refractivity contribution in [1.29, 1.82) is 0 Å². The second-order valence-corrected chi connectivity index (χ2v) is 6.33. The van der Waals surface area contributed by atoms with Crippen molar-refractivity contribution in [3.8, 4) is 0 Å². The molecule has 2 heteroatoms. The number of aliphatic hydroxyl groups excluding tert-OH is 1. The molecule has 0 heterocycles. The van der Waals surface area contributed by atoms with Crippen LogP contribution in [0.25, 0.3) is 0 Å². The second kappa shape index (κ2) is 13.8. The maximum absolute atomic E-state index is 8.57. The minimum absolute atomic E-state index is 0.417. The van der Waals surface area contributed by atoms with Crippen LogP contribution in [-0.4, -0.2) is 25.4 Å². The molecule has 0 aromatic heterocycles. The third-order valence-electron chi connectivity index (χ3n) is 4.39. The number of hydrogen-bond acceptors (Lipinski definition) is 2. The predicted octanol–water partition coefficient (Wildman–Crippen LogP) is 4.99. The lowest BCUT2D eigenvalue weighted by Crippen LogP contribution is -1.97. The standard InChI is InChI=1S/C14H22O.C6H12O/c1-15-13-9-4-2-3-6-10-14-11-7-5-8-12-14;7-5-6-3-1-2-4-6/h5,7-8,11-12H,2-4,6,9-10,13H2,1H3;6-7H,1-5H2. The first kappa shape index (κ1) is 19.2. The smallest absolute Gasteiger partial charge is 0.0462 e. The van der Waals surface area contributed by atoms with Crippen molar-refractivity contribution in [1.82, 2.24) is 0 Å². The monoisotopic (exact) mass is 306 g/mol. The first-order valence-corrected chi connectivity index (χ1v) is 9.00. The Bertz CT molecular complexity index is 331. The maximum Gasteiger partial charge on any atom is 0.0462 e. The highest BCUT2D eigenvalue weighted by molar-refractivity contribution is 5.14. The van der Waals surface area contributed by atoms with Gasteiger partial charge in [-0.25, -0.2) is 0 Å². The van der Waals surface area contributed by atoms with E-state index in [9.17, 15) is 0 Å². The summed E-state index contributed by atoms with van der Waals surface area (Å²) in [4.78, 5) is 0. The lowest BCUT2D eigenvalue weighted by molar-refractivity contribution is 0.192. The molecule has 1 aromatic carbocycles. The summed E-state index contributed by atoms with van der Waals surface area (Å²) >= 11 is 0. The summed E-state index contributed by atoms with van der Waals surface area (Å²) < 4.78 is 5.02. The predicted molar refractivity (Wildman–Crippen MR) is 94.2 cm³/mol. The molecule has 0 amide bonds. The van der Waals surface area contributed by atoms with Gasteiger partial charge in [0.15, 0.2) is 0 Å². The lowest BCUT2D eigenvalue weighted by Gasteiger charge is -2.02. The van der Waals surface area contributed by atoms with Gasteiger partial charge >= 0.3 is 0 Å². The van der Waals surface area contributed by atoms with Crippen molar-refractivity contribution in [3.05, 3.63) is 35.9 Å². The van der Waals surface area contributed by atoms with Gasteiger partial charge in [0.25, 0.3) is 0 Å². The number of rotatable bonds is 9. The van der Waals surface area contributed by atoms with Crippen LogP contribution in [0.1, 0.15) is 63.4 Å². The fourth-order valence-electron chi connectivity index (χ4n) is 2.94. The molecule has 126 valence electrons. The zero-order valence-corrected chi connectivity index (χ0v) is 14.3. The molecule has 0 bridgehead atoms. The van der Waals surface area contributed by atoms with Gasteiger partial charge in [0.2, 0.25) is 0 Å². The molecular formula is C20H34O2. The van der Waals surface area contributed by atoms with Crippen LogP contribution < -0.4 is 0 Å². The second-order valence-electron chi connectivity index (χ2n) is 6.33. The van der Waals surface area contributed by atoms with Crippen molar-refractivity contribution in [2.24, 2.45) is 5.92 Å². The Morgan fingerprint density at radius 1 is 0.955 bits per heavy atom. The molecule has 0 radical (unpaired) electrons. The Balaban J connectivity index is 0.000000287. The van der Waals surface area contributed by atoms with Gasteiger partial charge in [-0.3, -0.25) is 0 Å². The number of aliphatic hydroxyl groups is 1. The van der Waals surface area contributed by atoms with E-state index in [2.05, 4.69) is 30.3 Å². The molecule has 1 aliphatic rings. The number of ether oxygens (including phenoxy) is 1. The largest absolute Gasteiger partial charge is 0.396 e. The zero-order valence-electron chi connectivity index (χ0n) is 14.3. The van der Waals surface area contributed by atoms with E-state index in [1.54, 1.807) is 7.11 Å². The summed E-state index contributed by atoms with van der Waals surface area (Å²) in [5.41, 5.74) is 1.47. The van der Waals surface area contributed by atoms with Crippen LogP contribution in [-0.2, 0) is 11.2 Å². The fourth-order valence-corrected chi connectivity index (χ4v) is 2.94. The Morgan fingerprint density at radius 2 is 1.59 bits per heavy atom. The minimum atomic E-state index is 0.417. The Hall–Kier alpha value is -0.860. The van der Waals surface area contributed by atoms with E-state index < -0.39 is 0 Å². The summed E-state index contributed by atoms with van der Waals surface area (Å²) in [7, 11) is 1.77. The van der Waals surface area contributed by atoms with E-state index in [0.29, 0.717) is 12.5 Å². The van der Waals surface area contributed by atoms with Gasteiger partial charge in [-0.15, -0.1) is 0 Å². The SMILES string of the molecule is COCCCCCCCc1ccccc1.OCC1CCCC1. The van der Waals surface area contributed by atoms with Crippen molar-refractivity contribution in [2.45, 2.75) is 64.2 Å². The van der Waals surface area contributed by atoms with Gasteiger partial charge in [0.1, 0.15) is 0 Å². The first-order valence-electron chi connectivity index (χ1n) is 9.00. The summed E-state index contributed by atoms with van der Waals surface area (Å²) in [6.07, 6.45) is 12.9. The van der Waals surface area contributed by atoms with E-state index in [1.807, 2.05) is 0 Å². The van der Waals surface area contributed by atoms with E-state index in [4.69, 9.17) is 9.84 Å². The average molecular weight is 306 g/mol. The maximum atomic E-state index is 8.57. The van der Waals surface area contributed by atoms with E-state index >= 15 is 0 Å². The zero-order chi connectivity index (χ0) is 15.9. The van der Waals surface area contributed by atoms with Crippen LogP contribution in [0.2, 0.25) is 0 Å². The van der Waals surface area contributed by atoms with Gasteiger partial charge in [-0.2, -0.15) is 0 Å². The van der Waals surface area contributed by atoms with Crippen LogP contribution in [0.4, 0.5) is 0 Å². The topological polar surface area (TPSA) is 29.5 Å². The minimum Gasteiger partial charge on any atom is -0.396 e. The van der Waals surface area contributed by atoms with Crippen molar-refractivity contribution >= 4 is 0 Å². The highest BCUT2D eigenvalue weighted by atomic mass is 16.5. The quantitative estimate of drug-likeness (QED) is 0.651. The van der Waals surface area contributed by atoms with Gasteiger partial charge in [-0.05, 0) is 43.6 Å². The molecular weight excluding hydrogens is 272 g/mol.